The number of carbonyl (C=O) groups excluding carboxylic acids is 1. The van der Waals surface area contributed by atoms with E-state index in [0.717, 1.165) is 25.0 Å². The molecule has 3 rings (SSSR count). The number of Topliss-reactive ketones (excluding diaryl/α,β-unsaturated/α-hetero) is 1. The van der Waals surface area contributed by atoms with Crippen LogP contribution in [0.3, 0.4) is 0 Å². The van der Waals surface area contributed by atoms with Gasteiger partial charge in [0.1, 0.15) is 5.78 Å². The first-order valence-electron chi connectivity index (χ1n) is 7.12. The van der Waals surface area contributed by atoms with Crippen molar-refractivity contribution in [3.05, 3.63) is 47.0 Å². The molecule has 112 valence electrons. The molecule has 2 aliphatic carbocycles. The summed E-state index contributed by atoms with van der Waals surface area (Å²) in [6.07, 6.45) is -0.431. The minimum absolute atomic E-state index is 0.121. The Labute approximate surface area is 121 Å². The molecule has 2 aliphatic rings. The summed E-state index contributed by atoms with van der Waals surface area (Å²) < 4.78 is 37.8. The van der Waals surface area contributed by atoms with Gasteiger partial charge in [-0.3, -0.25) is 4.79 Å². The fraction of sp³-hybridized carbons (Fsp3) is 0.471. The highest BCUT2D eigenvalue weighted by Gasteiger charge is 2.58. The van der Waals surface area contributed by atoms with E-state index in [2.05, 4.69) is 6.08 Å². The third-order valence-electron chi connectivity index (χ3n) is 5.04. The molecule has 1 saturated carbocycles. The van der Waals surface area contributed by atoms with Gasteiger partial charge in [0.2, 0.25) is 0 Å². The summed E-state index contributed by atoms with van der Waals surface area (Å²) in [6.45, 7) is 4.02. The zero-order valence-corrected chi connectivity index (χ0v) is 12.0. The van der Waals surface area contributed by atoms with Crippen molar-refractivity contribution in [2.45, 2.75) is 38.8 Å². The van der Waals surface area contributed by atoms with E-state index in [0.29, 0.717) is 5.56 Å². The normalized spacial score (nSPS) is 32.2. The van der Waals surface area contributed by atoms with E-state index in [-0.39, 0.29) is 23.0 Å². The van der Waals surface area contributed by atoms with E-state index in [1.165, 1.54) is 17.7 Å². The molecule has 21 heavy (non-hydrogen) atoms. The lowest BCUT2D eigenvalue weighted by Gasteiger charge is -2.53. The van der Waals surface area contributed by atoms with Gasteiger partial charge < -0.3 is 0 Å². The lowest BCUT2D eigenvalue weighted by Crippen LogP contribution is -2.54. The van der Waals surface area contributed by atoms with E-state index in [9.17, 15) is 18.0 Å². The molecule has 0 aromatic heterocycles. The molecule has 0 amide bonds. The van der Waals surface area contributed by atoms with Gasteiger partial charge in [0.15, 0.2) is 0 Å². The van der Waals surface area contributed by atoms with Crippen molar-refractivity contribution in [3.8, 4) is 0 Å². The van der Waals surface area contributed by atoms with E-state index in [4.69, 9.17) is 0 Å². The molecular weight excluding hydrogens is 277 g/mol. The monoisotopic (exact) mass is 294 g/mol. The number of ketones is 1. The van der Waals surface area contributed by atoms with E-state index >= 15 is 0 Å². The lowest BCUT2D eigenvalue weighted by molar-refractivity contribution is -0.146. The molecular formula is C17H17F3O. The van der Waals surface area contributed by atoms with Gasteiger partial charge in [-0.05, 0) is 37.5 Å². The maximum absolute atomic E-state index is 12.6. The maximum Gasteiger partial charge on any atom is 0.416 e. The van der Waals surface area contributed by atoms with Gasteiger partial charge in [0.25, 0.3) is 0 Å². The number of hydrogen-bond donors (Lipinski definition) is 0. The van der Waals surface area contributed by atoms with Crippen molar-refractivity contribution >= 4 is 5.78 Å². The van der Waals surface area contributed by atoms with Gasteiger partial charge in [-0.2, -0.15) is 13.2 Å². The third kappa shape index (κ3) is 2.12. The Hall–Kier alpha value is -1.58. The molecule has 1 nitrogen and oxygen atoms in total. The molecule has 1 unspecified atom stereocenters. The topological polar surface area (TPSA) is 17.1 Å². The van der Waals surface area contributed by atoms with Gasteiger partial charge in [-0.1, -0.05) is 30.7 Å². The summed E-state index contributed by atoms with van der Waals surface area (Å²) in [5.74, 6) is -0.000899. The van der Waals surface area contributed by atoms with Crippen LogP contribution in [-0.2, 0) is 11.0 Å². The van der Waals surface area contributed by atoms with Crippen molar-refractivity contribution in [1.29, 1.82) is 0 Å². The van der Waals surface area contributed by atoms with E-state index in [1.54, 1.807) is 0 Å². The highest BCUT2D eigenvalue weighted by molar-refractivity contribution is 5.98. The molecule has 3 atom stereocenters. The van der Waals surface area contributed by atoms with Gasteiger partial charge in [0.05, 0.1) is 11.5 Å². The second kappa shape index (κ2) is 4.46. The number of carbonyl (C=O) groups is 1. The summed E-state index contributed by atoms with van der Waals surface area (Å²) in [4.78, 5) is 12.5. The molecule has 4 heteroatoms. The highest BCUT2D eigenvalue weighted by atomic mass is 19.4. The second-order valence-electron chi connectivity index (χ2n) is 6.42. The maximum atomic E-state index is 12.6. The Morgan fingerprint density at radius 3 is 2.38 bits per heavy atom. The third-order valence-corrected chi connectivity index (χ3v) is 5.04. The first kappa shape index (κ1) is 14.4. The van der Waals surface area contributed by atoms with Gasteiger partial charge in [0, 0.05) is 11.3 Å². The molecule has 0 heterocycles. The smallest absolute Gasteiger partial charge is 0.298 e. The van der Waals surface area contributed by atoms with E-state index < -0.39 is 11.7 Å². The Morgan fingerprint density at radius 2 is 1.81 bits per heavy atom. The SMILES string of the molecule is CC1=C[C@H]2C(c3ccc(C(F)(F)F)cc3)C(=O)[C@@]2(C)CC1. The van der Waals surface area contributed by atoms with Crippen LogP contribution >= 0.6 is 0 Å². The number of halogens is 3. The summed E-state index contributed by atoms with van der Waals surface area (Å²) in [5, 5.41) is 0. The number of allylic oxidation sites excluding steroid dienone is 2. The van der Waals surface area contributed by atoms with Crippen molar-refractivity contribution in [1.82, 2.24) is 0 Å². The predicted octanol–water partition coefficient (Wildman–Crippen LogP) is 4.73. The Morgan fingerprint density at radius 1 is 1.19 bits per heavy atom. The first-order valence-corrected chi connectivity index (χ1v) is 7.12. The van der Waals surface area contributed by atoms with Gasteiger partial charge in [-0.25, -0.2) is 0 Å². The average molecular weight is 294 g/mol. The first-order chi connectivity index (χ1) is 9.73. The Kier molecular flexibility index (Phi) is 3.05. The standard InChI is InChI=1S/C17H17F3O/c1-10-7-8-16(2)13(9-10)14(15(16)21)11-3-5-12(6-4-11)17(18,19)20/h3-6,9,13-14H,7-8H2,1-2H3/t13-,14?,16-/m0/s1. The zero-order chi connectivity index (χ0) is 15.4. The van der Waals surface area contributed by atoms with Crippen LogP contribution in [0.1, 0.15) is 43.7 Å². The van der Waals surface area contributed by atoms with Gasteiger partial charge >= 0.3 is 6.18 Å². The average Bonchev–Trinajstić information content (AvgIpc) is 2.43. The van der Waals surface area contributed by atoms with Crippen LogP contribution in [0.25, 0.3) is 0 Å². The number of rotatable bonds is 1. The summed E-state index contributed by atoms with van der Waals surface area (Å²) in [7, 11) is 0. The number of fused-ring (bicyclic) bond motifs is 1. The van der Waals surface area contributed by atoms with Crippen LogP contribution < -0.4 is 0 Å². The van der Waals surface area contributed by atoms with Crippen molar-refractivity contribution in [2.75, 3.05) is 0 Å². The van der Waals surface area contributed by atoms with E-state index in [1.807, 2.05) is 13.8 Å². The molecule has 0 spiro atoms. The van der Waals surface area contributed by atoms with Crippen LogP contribution in [0.15, 0.2) is 35.9 Å². The van der Waals surface area contributed by atoms with Crippen LogP contribution in [0.4, 0.5) is 13.2 Å². The fourth-order valence-corrected chi connectivity index (χ4v) is 3.61. The zero-order valence-electron chi connectivity index (χ0n) is 12.0. The fourth-order valence-electron chi connectivity index (χ4n) is 3.61. The lowest BCUT2D eigenvalue weighted by atomic mass is 9.48. The molecule has 1 aromatic rings. The minimum Gasteiger partial charge on any atom is -0.298 e. The minimum atomic E-state index is -4.34. The number of hydrogen-bond acceptors (Lipinski definition) is 1. The largest absolute Gasteiger partial charge is 0.416 e. The van der Waals surface area contributed by atoms with Crippen LogP contribution in [0, 0.1) is 11.3 Å². The Bertz CT molecular complexity index is 612. The Balaban J connectivity index is 1.91. The van der Waals surface area contributed by atoms with Crippen molar-refractivity contribution < 1.29 is 18.0 Å². The summed E-state index contributed by atoms with van der Waals surface area (Å²) in [5.41, 5.74) is 0.965. The van der Waals surface area contributed by atoms with Crippen LogP contribution in [0.5, 0.6) is 0 Å². The number of alkyl halides is 3. The van der Waals surface area contributed by atoms with Gasteiger partial charge in [-0.15, -0.1) is 0 Å². The van der Waals surface area contributed by atoms with Crippen LogP contribution in [0.2, 0.25) is 0 Å². The molecule has 0 N–H and O–H groups in total. The highest BCUT2D eigenvalue weighted by Crippen LogP contribution is 2.58. The van der Waals surface area contributed by atoms with Crippen molar-refractivity contribution in [2.24, 2.45) is 11.3 Å². The molecule has 1 fully saturated rings. The molecule has 0 bridgehead atoms. The number of benzene rings is 1. The molecule has 1 aromatic carbocycles. The molecule has 0 radical (unpaired) electrons. The second-order valence-corrected chi connectivity index (χ2v) is 6.42. The quantitative estimate of drug-likeness (QED) is 0.684. The summed E-state index contributed by atoms with van der Waals surface area (Å²) >= 11 is 0. The molecule has 0 aliphatic heterocycles. The molecule has 0 saturated heterocycles. The van der Waals surface area contributed by atoms with Crippen molar-refractivity contribution in [3.63, 3.8) is 0 Å². The summed E-state index contributed by atoms with van der Waals surface area (Å²) in [6, 6.07) is 5.03. The predicted molar refractivity (Wildman–Crippen MR) is 73.8 cm³/mol. The van der Waals surface area contributed by atoms with Crippen LogP contribution in [-0.4, -0.2) is 5.78 Å².